The molecule has 4 heteroatoms. The molecule has 2 aromatic rings. The van der Waals surface area contributed by atoms with Gasteiger partial charge < -0.3 is 5.32 Å². The molecule has 1 N–H and O–H groups in total. The van der Waals surface area contributed by atoms with E-state index in [9.17, 15) is 9.18 Å². The van der Waals surface area contributed by atoms with Crippen molar-refractivity contribution in [3.63, 3.8) is 0 Å². The van der Waals surface area contributed by atoms with Crippen LogP contribution in [0.25, 0.3) is 0 Å². The van der Waals surface area contributed by atoms with Crippen molar-refractivity contribution in [2.75, 3.05) is 11.1 Å². The molecule has 0 spiro atoms. The number of nitrogens with one attached hydrogen (secondary N) is 1. The number of rotatable bonds is 5. The van der Waals surface area contributed by atoms with Gasteiger partial charge in [0.05, 0.1) is 5.75 Å². The zero-order valence-corrected chi connectivity index (χ0v) is 12.0. The van der Waals surface area contributed by atoms with Crippen LogP contribution in [0.15, 0.2) is 53.4 Å². The first kappa shape index (κ1) is 14.6. The number of thioether (sulfide) groups is 1. The Bertz CT molecular complexity index is 583. The van der Waals surface area contributed by atoms with Crippen LogP contribution in [0.3, 0.4) is 0 Å². The van der Waals surface area contributed by atoms with Crippen LogP contribution in [-0.2, 0) is 11.2 Å². The highest BCUT2D eigenvalue weighted by molar-refractivity contribution is 8.00. The smallest absolute Gasteiger partial charge is 0.234 e. The second-order valence-electron chi connectivity index (χ2n) is 4.30. The molecule has 0 heterocycles. The first-order chi connectivity index (χ1) is 9.69. The Hall–Kier alpha value is -1.81. The molecule has 0 aliphatic heterocycles. The maximum atomic E-state index is 12.8. The molecule has 0 aliphatic carbocycles. The largest absolute Gasteiger partial charge is 0.325 e. The van der Waals surface area contributed by atoms with Crippen LogP contribution in [0.2, 0.25) is 0 Å². The molecule has 2 nitrogen and oxygen atoms in total. The molecule has 2 rings (SSSR count). The molecule has 104 valence electrons. The Morgan fingerprint density at radius 3 is 2.55 bits per heavy atom. The Balaban J connectivity index is 1.91. The normalized spacial score (nSPS) is 10.3. The minimum Gasteiger partial charge on any atom is -0.325 e. The number of hydrogen-bond acceptors (Lipinski definition) is 2. The summed E-state index contributed by atoms with van der Waals surface area (Å²) in [7, 11) is 0. The van der Waals surface area contributed by atoms with Gasteiger partial charge in [0.1, 0.15) is 5.82 Å². The van der Waals surface area contributed by atoms with Crippen molar-refractivity contribution >= 4 is 23.4 Å². The fourth-order valence-electron chi connectivity index (χ4n) is 1.82. The van der Waals surface area contributed by atoms with Gasteiger partial charge in [0.25, 0.3) is 0 Å². The van der Waals surface area contributed by atoms with Gasteiger partial charge >= 0.3 is 0 Å². The molecule has 0 saturated heterocycles. The molecule has 0 bridgehead atoms. The van der Waals surface area contributed by atoms with Gasteiger partial charge in [-0.1, -0.05) is 25.1 Å². The fourth-order valence-corrected chi connectivity index (χ4v) is 2.52. The maximum Gasteiger partial charge on any atom is 0.234 e. The number of para-hydroxylation sites is 1. The minimum absolute atomic E-state index is 0.0553. The van der Waals surface area contributed by atoms with Crippen LogP contribution < -0.4 is 5.32 Å². The third-order valence-corrected chi connectivity index (χ3v) is 3.87. The number of anilines is 1. The molecule has 0 atom stereocenters. The summed E-state index contributed by atoms with van der Waals surface area (Å²) in [4.78, 5) is 12.8. The van der Waals surface area contributed by atoms with Crippen LogP contribution in [0.5, 0.6) is 0 Å². The van der Waals surface area contributed by atoms with E-state index >= 15 is 0 Å². The van der Waals surface area contributed by atoms with Crippen LogP contribution in [0.1, 0.15) is 12.5 Å². The van der Waals surface area contributed by atoms with Gasteiger partial charge in [-0.3, -0.25) is 4.79 Å². The summed E-state index contributed by atoms with van der Waals surface area (Å²) in [6.07, 6.45) is 0.877. The molecule has 0 unspecified atom stereocenters. The number of benzene rings is 2. The second-order valence-corrected chi connectivity index (χ2v) is 5.35. The predicted molar refractivity (Wildman–Crippen MR) is 81.6 cm³/mol. The number of carbonyl (C=O) groups excluding carboxylic acids is 1. The van der Waals surface area contributed by atoms with Crippen molar-refractivity contribution in [2.45, 2.75) is 18.2 Å². The molecule has 20 heavy (non-hydrogen) atoms. The van der Waals surface area contributed by atoms with Crippen molar-refractivity contribution in [2.24, 2.45) is 0 Å². The fraction of sp³-hybridized carbons (Fsp3) is 0.188. The lowest BCUT2D eigenvalue weighted by atomic mass is 10.1. The number of carbonyl (C=O) groups is 1. The maximum absolute atomic E-state index is 12.8. The molecule has 0 radical (unpaired) electrons. The summed E-state index contributed by atoms with van der Waals surface area (Å²) < 4.78 is 12.8. The van der Waals surface area contributed by atoms with E-state index in [4.69, 9.17) is 0 Å². The number of amides is 1. The Morgan fingerprint density at radius 1 is 1.15 bits per heavy atom. The number of aryl methyl sites for hydroxylation is 1. The third-order valence-electron chi connectivity index (χ3n) is 2.86. The summed E-state index contributed by atoms with van der Waals surface area (Å²) in [5, 5.41) is 2.91. The van der Waals surface area contributed by atoms with Crippen molar-refractivity contribution in [1.82, 2.24) is 0 Å². The van der Waals surface area contributed by atoms with Gasteiger partial charge in [0.15, 0.2) is 0 Å². The van der Waals surface area contributed by atoms with E-state index in [1.165, 1.54) is 23.9 Å². The van der Waals surface area contributed by atoms with E-state index in [-0.39, 0.29) is 11.7 Å². The first-order valence-electron chi connectivity index (χ1n) is 6.45. The van der Waals surface area contributed by atoms with Gasteiger partial charge in [-0.2, -0.15) is 0 Å². The van der Waals surface area contributed by atoms with E-state index < -0.39 is 0 Å². The van der Waals surface area contributed by atoms with Gasteiger partial charge in [0.2, 0.25) is 5.91 Å². The Labute approximate surface area is 122 Å². The molecule has 0 aliphatic rings. The summed E-state index contributed by atoms with van der Waals surface area (Å²) in [5.74, 6) is -0.0140. The van der Waals surface area contributed by atoms with E-state index in [1.807, 2.05) is 24.3 Å². The van der Waals surface area contributed by atoms with E-state index in [0.717, 1.165) is 22.6 Å². The summed E-state index contributed by atoms with van der Waals surface area (Å²) in [6, 6.07) is 13.9. The molecular formula is C16H16FNOS. The van der Waals surface area contributed by atoms with Gasteiger partial charge in [-0.05, 0) is 42.3 Å². The molecule has 2 aromatic carbocycles. The van der Waals surface area contributed by atoms with Crippen LogP contribution in [0.4, 0.5) is 10.1 Å². The molecule has 0 fully saturated rings. The Morgan fingerprint density at radius 2 is 1.85 bits per heavy atom. The van der Waals surface area contributed by atoms with Crippen molar-refractivity contribution in [3.8, 4) is 0 Å². The highest BCUT2D eigenvalue weighted by atomic mass is 32.2. The van der Waals surface area contributed by atoms with E-state index in [1.54, 1.807) is 12.1 Å². The van der Waals surface area contributed by atoms with Crippen LogP contribution in [-0.4, -0.2) is 11.7 Å². The zero-order valence-electron chi connectivity index (χ0n) is 11.2. The van der Waals surface area contributed by atoms with Crippen molar-refractivity contribution in [3.05, 3.63) is 59.9 Å². The highest BCUT2D eigenvalue weighted by Gasteiger charge is 2.06. The van der Waals surface area contributed by atoms with Crippen LogP contribution >= 0.6 is 11.8 Å². The third kappa shape index (κ3) is 4.10. The summed E-state index contributed by atoms with van der Waals surface area (Å²) in [6.45, 7) is 2.05. The average molecular weight is 289 g/mol. The van der Waals surface area contributed by atoms with Crippen LogP contribution in [0, 0.1) is 5.82 Å². The van der Waals surface area contributed by atoms with Crippen molar-refractivity contribution in [1.29, 1.82) is 0 Å². The predicted octanol–water partition coefficient (Wildman–Crippen LogP) is 4.12. The molecule has 0 saturated carbocycles. The van der Waals surface area contributed by atoms with Crippen molar-refractivity contribution < 1.29 is 9.18 Å². The van der Waals surface area contributed by atoms with Gasteiger partial charge in [-0.15, -0.1) is 11.8 Å². The zero-order chi connectivity index (χ0) is 14.4. The SMILES string of the molecule is CCc1ccccc1NC(=O)CSc1ccc(F)cc1. The quantitative estimate of drug-likeness (QED) is 0.839. The summed E-state index contributed by atoms with van der Waals surface area (Å²) in [5.41, 5.74) is 1.98. The number of halogens is 1. The van der Waals surface area contributed by atoms with Gasteiger partial charge in [-0.25, -0.2) is 4.39 Å². The second kappa shape index (κ2) is 7.10. The van der Waals surface area contributed by atoms with Gasteiger partial charge in [0, 0.05) is 10.6 Å². The first-order valence-corrected chi connectivity index (χ1v) is 7.43. The lowest BCUT2D eigenvalue weighted by molar-refractivity contribution is -0.113. The highest BCUT2D eigenvalue weighted by Crippen LogP contribution is 2.20. The molecule has 1 amide bonds. The lowest BCUT2D eigenvalue weighted by Gasteiger charge is -2.09. The molecule has 0 aromatic heterocycles. The Kier molecular flexibility index (Phi) is 5.18. The lowest BCUT2D eigenvalue weighted by Crippen LogP contribution is -2.15. The summed E-state index contributed by atoms with van der Waals surface area (Å²) >= 11 is 1.39. The number of hydrogen-bond donors (Lipinski definition) is 1. The minimum atomic E-state index is -0.268. The topological polar surface area (TPSA) is 29.1 Å². The van der Waals surface area contributed by atoms with E-state index in [0.29, 0.717) is 5.75 Å². The average Bonchev–Trinajstić information content (AvgIpc) is 2.47. The monoisotopic (exact) mass is 289 g/mol. The standard InChI is InChI=1S/C16H16FNOS/c1-2-12-5-3-4-6-15(12)18-16(19)11-20-14-9-7-13(17)8-10-14/h3-10H,2,11H2,1H3,(H,18,19). The van der Waals surface area contributed by atoms with E-state index in [2.05, 4.69) is 12.2 Å². The molecular weight excluding hydrogens is 273 g/mol.